The van der Waals surface area contributed by atoms with Gasteiger partial charge in [-0.25, -0.2) is 4.79 Å². The first kappa shape index (κ1) is 25.3. The van der Waals surface area contributed by atoms with Crippen molar-refractivity contribution in [3.63, 3.8) is 0 Å². The number of nitrogens with one attached hydrogen (secondary N) is 2. The molecule has 3 N–H and O–H groups in total. The van der Waals surface area contributed by atoms with Crippen LogP contribution >= 0.6 is 23.2 Å². The van der Waals surface area contributed by atoms with Crippen molar-refractivity contribution in [2.24, 2.45) is 5.41 Å². The Morgan fingerprint density at radius 3 is 2.30 bits per heavy atom. The van der Waals surface area contributed by atoms with E-state index >= 15 is 0 Å². The number of hydrogen-bond donors (Lipinski definition) is 3. The first-order valence-electron chi connectivity index (χ1n) is 11.1. The summed E-state index contributed by atoms with van der Waals surface area (Å²) in [5.74, 6) is -0.0171. The van der Waals surface area contributed by atoms with Crippen LogP contribution in [0.3, 0.4) is 0 Å². The lowest BCUT2D eigenvalue weighted by atomic mass is 9.91. The second kappa shape index (κ2) is 10.8. The van der Waals surface area contributed by atoms with Gasteiger partial charge in [-0.05, 0) is 54.7 Å². The van der Waals surface area contributed by atoms with E-state index in [-0.39, 0.29) is 24.5 Å². The molecule has 0 aromatic heterocycles. The molecule has 1 aliphatic carbocycles. The van der Waals surface area contributed by atoms with Gasteiger partial charge in [-0.1, -0.05) is 62.2 Å². The Hall–Kier alpha value is -2.28. The number of halogens is 2. The summed E-state index contributed by atoms with van der Waals surface area (Å²) in [5.41, 5.74) is 1.76. The molecule has 0 heterocycles. The molecule has 1 aliphatic rings. The maximum atomic E-state index is 13.0. The van der Waals surface area contributed by atoms with Crippen molar-refractivity contribution >= 4 is 40.8 Å². The highest BCUT2D eigenvalue weighted by molar-refractivity contribution is 6.42. The average Bonchev–Trinajstić information content (AvgIpc) is 2.72. The number of anilines is 1. The van der Waals surface area contributed by atoms with Crippen LogP contribution < -0.4 is 10.6 Å². The van der Waals surface area contributed by atoms with E-state index in [1.807, 2.05) is 45.0 Å². The Kier molecular flexibility index (Phi) is 8.27. The molecule has 2 aromatic rings. The summed E-state index contributed by atoms with van der Waals surface area (Å²) in [4.78, 5) is 26.8. The molecule has 33 heavy (non-hydrogen) atoms. The van der Waals surface area contributed by atoms with Crippen LogP contribution in [0.4, 0.5) is 10.5 Å². The minimum atomic E-state index is -0.875. The van der Waals surface area contributed by atoms with Gasteiger partial charge in [0.15, 0.2) is 0 Å². The first-order valence-corrected chi connectivity index (χ1v) is 11.9. The van der Waals surface area contributed by atoms with Crippen molar-refractivity contribution in [2.75, 3.05) is 11.9 Å². The normalized spacial score (nSPS) is 14.8. The van der Waals surface area contributed by atoms with Crippen LogP contribution in [0.15, 0.2) is 42.5 Å². The fourth-order valence-electron chi connectivity index (χ4n) is 3.46. The SMILES string of the molecule is CC(C)(C)C(=O)NCc1ccc(NC(=O)N(CC(O)c2ccc(Cl)c(Cl)c2)C2CCC2)cc1. The maximum absolute atomic E-state index is 13.0. The zero-order valence-corrected chi connectivity index (χ0v) is 20.7. The predicted molar refractivity (Wildman–Crippen MR) is 133 cm³/mol. The number of aliphatic hydroxyl groups is 1. The number of carbonyl (C=O) groups excluding carboxylic acids is 2. The van der Waals surface area contributed by atoms with E-state index in [1.165, 1.54) is 0 Å². The van der Waals surface area contributed by atoms with Gasteiger partial charge in [0, 0.05) is 23.7 Å². The fraction of sp³-hybridized carbons (Fsp3) is 0.440. The highest BCUT2D eigenvalue weighted by Gasteiger charge is 2.31. The summed E-state index contributed by atoms with van der Waals surface area (Å²) < 4.78 is 0. The van der Waals surface area contributed by atoms with Crippen molar-refractivity contribution in [3.05, 3.63) is 63.6 Å². The van der Waals surface area contributed by atoms with E-state index in [9.17, 15) is 14.7 Å². The van der Waals surface area contributed by atoms with E-state index in [1.54, 1.807) is 23.1 Å². The number of amides is 3. The molecule has 1 atom stereocenters. The molecule has 178 valence electrons. The Balaban J connectivity index is 1.62. The Bertz CT molecular complexity index is 985. The van der Waals surface area contributed by atoms with Crippen LogP contribution in [-0.2, 0) is 11.3 Å². The molecule has 8 heteroatoms. The molecular weight excluding hydrogens is 461 g/mol. The van der Waals surface area contributed by atoms with E-state index in [4.69, 9.17) is 23.2 Å². The second-order valence-electron chi connectivity index (χ2n) is 9.49. The van der Waals surface area contributed by atoms with Crippen molar-refractivity contribution in [1.29, 1.82) is 0 Å². The summed E-state index contributed by atoms with van der Waals surface area (Å²) in [6, 6.07) is 12.2. The molecule has 0 aliphatic heterocycles. The third-order valence-corrected chi connectivity index (χ3v) is 6.55. The van der Waals surface area contributed by atoms with Gasteiger partial charge in [0.05, 0.1) is 22.7 Å². The van der Waals surface area contributed by atoms with Gasteiger partial charge in [-0.3, -0.25) is 4.79 Å². The first-order chi connectivity index (χ1) is 15.5. The fourth-order valence-corrected chi connectivity index (χ4v) is 3.76. The highest BCUT2D eigenvalue weighted by Crippen LogP contribution is 2.30. The van der Waals surface area contributed by atoms with Crippen molar-refractivity contribution < 1.29 is 14.7 Å². The molecule has 2 aromatic carbocycles. The molecule has 0 radical (unpaired) electrons. The zero-order chi connectivity index (χ0) is 24.2. The van der Waals surface area contributed by atoms with Gasteiger partial charge in [-0.15, -0.1) is 0 Å². The quantitative estimate of drug-likeness (QED) is 0.459. The van der Waals surface area contributed by atoms with E-state index < -0.39 is 11.5 Å². The number of carbonyl (C=O) groups is 2. The molecule has 1 saturated carbocycles. The Morgan fingerprint density at radius 1 is 1.09 bits per heavy atom. The lowest BCUT2D eigenvalue weighted by Gasteiger charge is -2.38. The topological polar surface area (TPSA) is 81.7 Å². The lowest BCUT2D eigenvalue weighted by Crippen LogP contribution is -2.48. The minimum absolute atomic E-state index is 0.0171. The lowest BCUT2D eigenvalue weighted by molar-refractivity contribution is -0.128. The second-order valence-corrected chi connectivity index (χ2v) is 10.3. The third-order valence-electron chi connectivity index (χ3n) is 5.81. The van der Waals surface area contributed by atoms with Gasteiger partial charge in [-0.2, -0.15) is 0 Å². The minimum Gasteiger partial charge on any atom is -0.387 e. The third kappa shape index (κ3) is 6.85. The van der Waals surface area contributed by atoms with Crippen LogP contribution in [0, 0.1) is 5.41 Å². The number of rotatable bonds is 7. The smallest absolute Gasteiger partial charge is 0.322 e. The van der Waals surface area contributed by atoms with Crippen LogP contribution in [0.5, 0.6) is 0 Å². The summed E-state index contributed by atoms with van der Waals surface area (Å²) >= 11 is 12.1. The van der Waals surface area contributed by atoms with Crippen LogP contribution in [0.1, 0.15) is 57.3 Å². The summed E-state index contributed by atoms with van der Waals surface area (Å²) in [6.45, 7) is 6.19. The van der Waals surface area contributed by atoms with Gasteiger partial charge in [0.2, 0.25) is 5.91 Å². The van der Waals surface area contributed by atoms with Crippen molar-refractivity contribution in [3.8, 4) is 0 Å². The number of benzene rings is 2. The maximum Gasteiger partial charge on any atom is 0.322 e. The van der Waals surface area contributed by atoms with Gasteiger partial charge >= 0.3 is 6.03 Å². The number of nitrogens with zero attached hydrogens (tertiary/aromatic N) is 1. The van der Waals surface area contributed by atoms with Crippen LogP contribution in [-0.4, -0.2) is 34.5 Å². The van der Waals surface area contributed by atoms with E-state index in [0.29, 0.717) is 27.8 Å². The van der Waals surface area contributed by atoms with Gasteiger partial charge < -0.3 is 20.6 Å². The standard InChI is InChI=1S/C25H31Cl2N3O3/c1-25(2,3)23(32)28-14-16-7-10-18(11-8-16)29-24(33)30(19-5-4-6-19)15-22(31)17-9-12-20(26)21(27)13-17/h7-13,19,22,31H,4-6,14-15H2,1-3H3,(H,28,32)(H,29,33). The molecule has 0 bridgehead atoms. The predicted octanol–water partition coefficient (Wildman–Crippen LogP) is 5.78. The molecule has 3 rings (SSSR count). The van der Waals surface area contributed by atoms with Crippen LogP contribution in [0.25, 0.3) is 0 Å². The van der Waals surface area contributed by atoms with Crippen molar-refractivity contribution in [1.82, 2.24) is 10.2 Å². The largest absolute Gasteiger partial charge is 0.387 e. The van der Waals surface area contributed by atoms with E-state index in [2.05, 4.69) is 10.6 Å². The molecule has 0 spiro atoms. The molecular formula is C25H31Cl2N3O3. The molecule has 3 amide bonds. The van der Waals surface area contributed by atoms with Gasteiger partial charge in [0.1, 0.15) is 0 Å². The number of hydrogen-bond acceptors (Lipinski definition) is 3. The molecule has 0 saturated heterocycles. The monoisotopic (exact) mass is 491 g/mol. The van der Waals surface area contributed by atoms with Gasteiger partial charge in [0.25, 0.3) is 0 Å². The molecule has 6 nitrogen and oxygen atoms in total. The zero-order valence-electron chi connectivity index (χ0n) is 19.2. The molecule has 1 unspecified atom stereocenters. The van der Waals surface area contributed by atoms with E-state index in [0.717, 1.165) is 24.8 Å². The number of aliphatic hydroxyl groups excluding tert-OH is 1. The summed E-state index contributed by atoms with van der Waals surface area (Å²) in [7, 11) is 0. The Morgan fingerprint density at radius 2 is 1.76 bits per heavy atom. The molecule has 1 fully saturated rings. The Labute approximate surface area is 205 Å². The number of urea groups is 1. The average molecular weight is 492 g/mol. The summed E-state index contributed by atoms with van der Waals surface area (Å²) in [5, 5.41) is 17.4. The van der Waals surface area contributed by atoms with Crippen molar-refractivity contribution in [2.45, 2.75) is 58.7 Å². The summed E-state index contributed by atoms with van der Waals surface area (Å²) in [6.07, 6.45) is 2.01. The highest BCUT2D eigenvalue weighted by atomic mass is 35.5. The van der Waals surface area contributed by atoms with Crippen LogP contribution in [0.2, 0.25) is 10.0 Å².